The molecule has 1 heterocycles. The van der Waals surface area contributed by atoms with E-state index >= 15 is 0 Å². The SMILES string of the molecule is C[Si](C)(C)C#Cc1[nH]ncc1-c1ccc([N+](=O)[O-])cc1. The number of nitro benzene ring substituents is 1. The molecular weight excluding hydrogens is 270 g/mol. The van der Waals surface area contributed by atoms with Gasteiger partial charge in [-0.05, 0) is 17.7 Å². The summed E-state index contributed by atoms with van der Waals surface area (Å²) in [7, 11) is -1.46. The van der Waals surface area contributed by atoms with Gasteiger partial charge in [-0.25, -0.2) is 0 Å². The maximum Gasteiger partial charge on any atom is 0.269 e. The Morgan fingerprint density at radius 2 is 1.90 bits per heavy atom. The van der Waals surface area contributed by atoms with E-state index in [-0.39, 0.29) is 5.69 Å². The van der Waals surface area contributed by atoms with Crippen molar-refractivity contribution in [3.05, 3.63) is 46.3 Å². The molecule has 102 valence electrons. The second kappa shape index (κ2) is 5.31. The Hall–Kier alpha value is -2.39. The number of aromatic nitrogens is 2. The van der Waals surface area contributed by atoms with Gasteiger partial charge in [0.05, 0.1) is 11.1 Å². The van der Waals surface area contributed by atoms with Crippen LogP contribution in [0.25, 0.3) is 11.1 Å². The Balaban J connectivity index is 2.36. The van der Waals surface area contributed by atoms with Gasteiger partial charge >= 0.3 is 0 Å². The molecule has 6 heteroatoms. The average Bonchev–Trinajstić information content (AvgIpc) is 2.84. The maximum absolute atomic E-state index is 10.6. The number of nitrogens with zero attached hydrogens (tertiary/aromatic N) is 2. The summed E-state index contributed by atoms with van der Waals surface area (Å²) in [5.74, 6) is 3.13. The first-order valence-corrected chi connectivity index (χ1v) is 9.68. The van der Waals surface area contributed by atoms with Crippen molar-refractivity contribution < 1.29 is 4.92 Å². The van der Waals surface area contributed by atoms with Crippen molar-refractivity contribution in [1.82, 2.24) is 10.2 Å². The number of hydrogen-bond acceptors (Lipinski definition) is 3. The van der Waals surface area contributed by atoms with Gasteiger partial charge in [-0.1, -0.05) is 25.6 Å². The summed E-state index contributed by atoms with van der Waals surface area (Å²) >= 11 is 0. The summed E-state index contributed by atoms with van der Waals surface area (Å²) in [6.45, 7) is 6.51. The van der Waals surface area contributed by atoms with Crippen molar-refractivity contribution in [2.24, 2.45) is 0 Å². The first-order chi connectivity index (χ1) is 9.37. The first-order valence-electron chi connectivity index (χ1n) is 6.18. The van der Waals surface area contributed by atoms with E-state index in [9.17, 15) is 10.1 Å². The van der Waals surface area contributed by atoms with Crippen LogP contribution in [0.1, 0.15) is 5.69 Å². The molecular formula is C14H15N3O2Si. The van der Waals surface area contributed by atoms with Gasteiger partial charge in [-0.15, -0.1) is 5.54 Å². The summed E-state index contributed by atoms with van der Waals surface area (Å²) in [6.07, 6.45) is 1.69. The van der Waals surface area contributed by atoms with Crippen molar-refractivity contribution in [2.45, 2.75) is 19.6 Å². The summed E-state index contributed by atoms with van der Waals surface area (Å²) in [5, 5.41) is 17.5. The highest BCUT2D eigenvalue weighted by molar-refractivity contribution is 6.83. The number of hydrogen-bond donors (Lipinski definition) is 1. The van der Waals surface area contributed by atoms with E-state index in [2.05, 4.69) is 41.3 Å². The monoisotopic (exact) mass is 285 g/mol. The van der Waals surface area contributed by atoms with E-state index in [0.717, 1.165) is 16.8 Å². The number of H-pyrrole nitrogens is 1. The van der Waals surface area contributed by atoms with Crippen molar-refractivity contribution >= 4 is 13.8 Å². The third-order valence-corrected chi connectivity index (χ3v) is 3.47. The van der Waals surface area contributed by atoms with Gasteiger partial charge in [0.25, 0.3) is 5.69 Å². The number of nitrogens with one attached hydrogen (secondary N) is 1. The molecule has 1 aromatic heterocycles. The fraction of sp³-hybridized carbons (Fsp3) is 0.214. The molecule has 1 aromatic carbocycles. The Morgan fingerprint density at radius 1 is 1.25 bits per heavy atom. The predicted octanol–water partition coefficient (Wildman–Crippen LogP) is 3.21. The Labute approximate surface area is 118 Å². The normalized spacial score (nSPS) is 10.8. The van der Waals surface area contributed by atoms with Gasteiger partial charge in [0, 0.05) is 17.7 Å². The van der Waals surface area contributed by atoms with Crippen LogP contribution in [0.2, 0.25) is 19.6 Å². The number of non-ortho nitro benzene ring substituents is 1. The van der Waals surface area contributed by atoms with E-state index in [1.54, 1.807) is 18.3 Å². The zero-order chi connectivity index (χ0) is 14.8. The van der Waals surface area contributed by atoms with Gasteiger partial charge < -0.3 is 0 Å². The van der Waals surface area contributed by atoms with Crippen LogP contribution < -0.4 is 0 Å². The molecule has 0 bridgehead atoms. The zero-order valence-electron chi connectivity index (χ0n) is 11.6. The van der Waals surface area contributed by atoms with E-state index in [1.807, 2.05) is 0 Å². The molecule has 0 fully saturated rings. The van der Waals surface area contributed by atoms with Gasteiger partial charge in [0.1, 0.15) is 13.8 Å². The summed E-state index contributed by atoms with van der Waals surface area (Å²) < 4.78 is 0. The van der Waals surface area contributed by atoms with Gasteiger partial charge in [0.2, 0.25) is 0 Å². The third kappa shape index (κ3) is 3.33. The summed E-state index contributed by atoms with van der Waals surface area (Å²) in [6, 6.07) is 6.39. The van der Waals surface area contributed by atoms with Crippen molar-refractivity contribution in [2.75, 3.05) is 0 Å². The highest BCUT2D eigenvalue weighted by Crippen LogP contribution is 2.24. The molecule has 2 aromatic rings. The number of rotatable bonds is 2. The molecule has 2 rings (SSSR count). The Morgan fingerprint density at radius 3 is 2.45 bits per heavy atom. The van der Waals surface area contributed by atoms with Crippen LogP contribution in [0.15, 0.2) is 30.5 Å². The summed E-state index contributed by atoms with van der Waals surface area (Å²) in [5.41, 5.74) is 5.83. The smallest absolute Gasteiger partial charge is 0.269 e. The minimum atomic E-state index is -1.46. The van der Waals surface area contributed by atoms with E-state index < -0.39 is 13.0 Å². The van der Waals surface area contributed by atoms with Crippen LogP contribution in [0.4, 0.5) is 5.69 Å². The highest BCUT2D eigenvalue weighted by atomic mass is 28.3. The molecule has 0 radical (unpaired) electrons. The molecule has 20 heavy (non-hydrogen) atoms. The predicted molar refractivity (Wildman–Crippen MR) is 80.9 cm³/mol. The molecule has 0 unspecified atom stereocenters. The van der Waals surface area contributed by atoms with Crippen LogP contribution in [0, 0.1) is 21.6 Å². The standard InChI is InChI=1S/C14H15N3O2Si/c1-20(2,3)9-8-14-13(10-15-16-14)11-4-6-12(7-5-11)17(18)19/h4-7,10H,1-3H3,(H,15,16). The second-order valence-electron chi connectivity index (χ2n) is 5.46. The lowest BCUT2D eigenvalue weighted by Gasteiger charge is -2.03. The quantitative estimate of drug-likeness (QED) is 0.398. The Kier molecular flexibility index (Phi) is 3.72. The van der Waals surface area contributed by atoms with E-state index in [4.69, 9.17) is 0 Å². The summed E-state index contributed by atoms with van der Waals surface area (Å²) in [4.78, 5) is 10.2. The molecule has 0 saturated carbocycles. The molecule has 0 aliphatic rings. The van der Waals surface area contributed by atoms with Crippen molar-refractivity contribution in [3.8, 4) is 22.6 Å². The lowest BCUT2D eigenvalue weighted by molar-refractivity contribution is -0.384. The number of aromatic amines is 1. The minimum absolute atomic E-state index is 0.0759. The molecule has 0 aliphatic carbocycles. The lowest BCUT2D eigenvalue weighted by atomic mass is 10.1. The Bertz CT molecular complexity index is 688. The van der Waals surface area contributed by atoms with Gasteiger partial charge in [-0.2, -0.15) is 5.10 Å². The van der Waals surface area contributed by atoms with Crippen molar-refractivity contribution in [3.63, 3.8) is 0 Å². The molecule has 0 aliphatic heterocycles. The van der Waals surface area contributed by atoms with Gasteiger partial charge in [0.15, 0.2) is 0 Å². The molecule has 0 atom stereocenters. The van der Waals surface area contributed by atoms with Crippen molar-refractivity contribution in [1.29, 1.82) is 0 Å². The zero-order valence-corrected chi connectivity index (χ0v) is 12.6. The molecule has 5 nitrogen and oxygen atoms in total. The van der Waals surface area contributed by atoms with Crippen LogP contribution >= 0.6 is 0 Å². The number of benzene rings is 1. The third-order valence-electron chi connectivity index (χ3n) is 2.59. The largest absolute Gasteiger partial charge is 0.269 e. The maximum atomic E-state index is 10.6. The van der Waals surface area contributed by atoms with Crippen LogP contribution in [0.5, 0.6) is 0 Å². The molecule has 0 amide bonds. The first kappa shape index (κ1) is 14.0. The number of nitro groups is 1. The van der Waals surface area contributed by atoms with Crippen LogP contribution in [-0.4, -0.2) is 23.2 Å². The average molecular weight is 285 g/mol. The van der Waals surface area contributed by atoms with Crippen LogP contribution in [0.3, 0.4) is 0 Å². The minimum Gasteiger partial charge on any atom is -0.269 e. The van der Waals surface area contributed by atoms with Gasteiger partial charge in [-0.3, -0.25) is 15.2 Å². The lowest BCUT2D eigenvalue weighted by Crippen LogP contribution is -2.16. The topological polar surface area (TPSA) is 71.8 Å². The molecule has 0 saturated heterocycles. The van der Waals surface area contributed by atoms with Crippen LogP contribution in [-0.2, 0) is 0 Å². The highest BCUT2D eigenvalue weighted by Gasteiger charge is 2.11. The van der Waals surface area contributed by atoms with E-state index in [0.29, 0.717) is 0 Å². The molecule has 1 N–H and O–H groups in total. The second-order valence-corrected chi connectivity index (χ2v) is 10.2. The molecule has 0 spiro atoms. The fourth-order valence-corrected chi connectivity index (χ4v) is 2.11. The van der Waals surface area contributed by atoms with E-state index in [1.165, 1.54) is 12.1 Å². The fourth-order valence-electron chi connectivity index (χ4n) is 1.61.